The van der Waals surface area contributed by atoms with Gasteiger partial charge in [-0.1, -0.05) is 114 Å². The normalized spacial score (nSPS) is 13.2. The highest BCUT2D eigenvalue weighted by Crippen LogP contribution is 2.47. The molecule has 4 aromatic carbocycles. The number of fused-ring (bicyclic) bond motifs is 6. The number of allylic oxidation sites excluding steroid dienone is 2. The van der Waals surface area contributed by atoms with Gasteiger partial charge in [-0.15, -0.1) is 0 Å². The molecule has 2 heterocycles. The lowest BCUT2D eigenvalue weighted by Gasteiger charge is -2.19. The summed E-state index contributed by atoms with van der Waals surface area (Å²) in [4.78, 5) is 1.75. The van der Waals surface area contributed by atoms with E-state index in [1.807, 2.05) is 62.4 Å². The predicted molar refractivity (Wildman–Crippen MR) is 220 cm³/mol. The summed E-state index contributed by atoms with van der Waals surface area (Å²) in [5.74, 6) is 0.185. The first-order valence-corrected chi connectivity index (χ1v) is 20.9. The summed E-state index contributed by atoms with van der Waals surface area (Å²) >= 11 is 13.2. The van der Waals surface area contributed by atoms with Crippen LogP contribution in [0.5, 0.6) is 5.75 Å². The zero-order valence-corrected chi connectivity index (χ0v) is 32.5. The Kier molecular flexibility index (Phi) is 17.9. The number of aryl methyl sites for hydroxylation is 1. The van der Waals surface area contributed by atoms with E-state index in [2.05, 4.69) is 19.2 Å². The molecule has 11 nitrogen and oxygen atoms in total. The number of nitrogens with zero attached hydrogens (tertiary/aromatic N) is 2. The topological polar surface area (TPSA) is 156 Å². The molecule has 1 aliphatic heterocycles. The Bertz CT molecular complexity index is 2310. The van der Waals surface area contributed by atoms with E-state index >= 15 is 0 Å². The number of aromatic nitrogens is 1. The van der Waals surface area contributed by atoms with Crippen molar-refractivity contribution in [3.8, 4) is 5.75 Å². The SMILES string of the molecule is C.C.CC.CCNCC.O=S(=O)([O-])CCCN1C(=CC=Cc2oc3c4ccccc4c(Cl)cc3[n+]2CCCS(=O)(=O)[O-])Oc2c1cc(Cl)c1ccccc21. The van der Waals surface area contributed by atoms with Crippen LogP contribution < -0.4 is 19.5 Å². The van der Waals surface area contributed by atoms with Crippen molar-refractivity contribution in [3.05, 3.63) is 94.6 Å². The monoisotopic (exact) mass is 822 g/mol. The summed E-state index contributed by atoms with van der Waals surface area (Å²) in [5.41, 5.74) is 1.79. The maximum atomic E-state index is 11.3. The first-order valence-electron chi connectivity index (χ1n) is 17.0. The second-order valence-corrected chi connectivity index (χ2v) is 15.3. The minimum atomic E-state index is -4.42. The fourth-order valence-electron chi connectivity index (χ4n) is 5.72. The summed E-state index contributed by atoms with van der Waals surface area (Å²) in [5, 5.41) is 7.18. The van der Waals surface area contributed by atoms with Crippen molar-refractivity contribution in [3.63, 3.8) is 0 Å². The average molecular weight is 824 g/mol. The molecule has 0 aliphatic carbocycles. The fourth-order valence-corrected chi connectivity index (χ4v) is 7.23. The number of ether oxygens (including phenoxy) is 1. The van der Waals surface area contributed by atoms with Gasteiger partial charge in [0.1, 0.15) is 0 Å². The van der Waals surface area contributed by atoms with Crippen molar-refractivity contribution in [2.75, 3.05) is 36.0 Å². The molecule has 5 aromatic rings. The van der Waals surface area contributed by atoms with Crippen LogP contribution in [0.25, 0.3) is 38.7 Å². The molecule has 1 aliphatic rings. The number of benzene rings is 4. The van der Waals surface area contributed by atoms with E-state index in [1.165, 1.54) is 0 Å². The standard InChI is InChI=1S/C31H26Cl2N2O8S2.C4H11N.C2H6.2CH4/c32-24-18-26-30(22-10-3-1-8-20(22)24)42-28(34(26)14-6-16-44(36,37)38)12-5-13-29-35(15-7-17-45(39,40)41)27-19-25(33)21-9-2-4-11-23(21)31(27)43-29;1-3-5-4-2;1-2;;/h1-5,8-13,18-19H,6-7,14-17H2,(H-,36,37,38,39,40,41);5H,3-4H2,1-2H3;1-2H3;2*1H4/p-1. The lowest BCUT2D eigenvalue weighted by atomic mass is 10.1. The highest BCUT2D eigenvalue weighted by atomic mass is 35.5. The third-order valence-electron chi connectivity index (χ3n) is 7.91. The van der Waals surface area contributed by atoms with Crippen molar-refractivity contribution in [1.29, 1.82) is 0 Å². The molecule has 0 fully saturated rings. The van der Waals surface area contributed by atoms with E-state index in [0.717, 1.165) is 34.6 Å². The second kappa shape index (κ2) is 20.8. The summed E-state index contributed by atoms with van der Waals surface area (Å²) in [6.45, 7) is 10.7. The number of rotatable bonds is 12. The summed E-state index contributed by atoms with van der Waals surface area (Å²) in [6, 6.07) is 18.4. The second-order valence-electron chi connectivity index (χ2n) is 11.4. The van der Waals surface area contributed by atoms with E-state index in [9.17, 15) is 25.9 Å². The van der Waals surface area contributed by atoms with Gasteiger partial charge in [0.2, 0.25) is 11.5 Å². The Balaban J connectivity index is 0.00000104. The van der Waals surface area contributed by atoms with E-state index in [1.54, 1.807) is 39.8 Å². The number of anilines is 1. The van der Waals surface area contributed by atoms with Crippen molar-refractivity contribution in [2.45, 2.75) is 61.9 Å². The molecule has 15 heteroatoms. The molecule has 0 unspecified atom stereocenters. The van der Waals surface area contributed by atoms with Gasteiger partial charge < -0.3 is 28.5 Å². The Morgan fingerprint density at radius 3 is 1.93 bits per heavy atom. The van der Waals surface area contributed by atoms with Crippen LogP contribution in [0.1, 0.15) is 61.3 Å². The molecule has 0 saturated heterocycles. The average Bonchev–Trinajstić information content (AvgIpc) is 3.63. The summed E-state index contributed by atoms with van der Waals surface area (Å²) in [6.07, 6.45) is 5.11. The van der Waals surface area contributed by atoms with Gasteiger partial charge in [-0.3, -0.25) is 0 Å². The Morgan fingerprint density at radius 2 is 1.35 bits per heavy atom. The lowest BCUT2D eigenvalue weighted by Crippen LogP contribution is -2.36. The summed E-state index contributed by atoms with van der Waals surface area (Å²) < 4.78 is 82.1. The van der Waals surface area contributed by atoms with E-state index < -0.39 is 31.7 Å². The fraction of sp³-hybridized carbons (Fsp3) is 0.359. The Hall–Kier alpha value is -3.69. The highest BCUT2D eigenvalue weighted by Gasteiger charge is 2.29. The lowest BCUT2D eigenvalue weighted by molar-refractivity contribution is -0.677. The number of oxazole rings is 1. The van der Waals surface area contributed by atoms with Crippen molar-refractivity contribution < 1.29 is 39.7 Å². The first-order chi connectivity index (χ1) is 24.8. The molecule has 0 atom stereocenters. The van der Waals surface area contributed by atoms with Gasteiger partial charge in [0.15, 0.2) is 12.3 Å². The third kappa shape index (κ3) is 11.7. The molecule has 0 bridgehead atoms. The Labute approximate surface area is 329 Å². The zero-order chi connectivity index (χ0) is 38.1. The molecular formula is C39H50Cl2N3O8S2-. The van der Waals surface area contributed by atoms with Gasteiger partial charge in [-0.2, -0.15) is 4.57 Å². The molecule has 6 rings (SSSR count). The molecule has 0 radical (unpaired) electrons. The van der Waals surface area contributed by atoms with Gasteiger partial charge in [0.05, 0.1) is 42.0 Å². The molecule has 296 valence electrons. The van der Waals surface area contributed by atoms with Crippen molar-refractivity contribution in [1.82, 2.24) is 5.32 Å². The number of hydrogen-bond acceptors (Lipinski definition) is 10. The maximum Gasteiger partial charge on any atom is 0.374 e. The minimum Gasteiger partial charge on any atom is -0.748 e. The molecule has 0 spiro atoms. The minimum absolute atomic E-state index is 0. The van der Waals surface area contributed by atoms with Crippen LogP contribution in [0, 0.1) is 0 Å². The van der Waals surface area contributed by atoms with Crippen LogP contribution in [0.3, 0.4) is 0 Å². The van der Waals surface area contributed by atoms with Gasteiger partial charge >= 0.3 is 5.89 Å². The van der Waals surface area contributed by atoms with Gasteiger partial charge in [-0.05, 0) is 37.7 Å². The van der Waals surface area contributed by atoms with Gasteiger partial charge in [0, 0.05) is 52.1 Å². The maximum absolute atomic E-state index is 11.3. The smallest absolute Gasteiger partial charge is 0.374 e. The number of halogens is 2. The van der Waals surface area contributed by atoms with Crippen molar-refractivity contribution >= 4 is 87.8 Å². The van der Waals surface area contributed by atoms with Gasteiger partial charge in [-0.25, -0.2) is 16.8 Å². The van der Waals surface area contributed by atoms with Crippen LogP contribution in [0.2, 0.25) is 10.0 Å². The van der Waals surface area contributed by atoms with Gasteiger partial charge in [0.25, 0.3) is 5.52 Å². The number of nitrogens with one attached hydrogen (secondary N) is 1. The largest absolute Gasteiger partial charge is 0.748 e. The van der Waals surface area contributed by atoms with Crippen LogP contribution in [0.15, 0.2) is 83.1 Å². The van der Waals surface area contributed by atoms with E-state index in [-0.39, 0.29) is 40.8 Å². The van der Waals surface area contributed by atoms with E-state index in [4.69, 9.17) is 32.4 Å². The quantitative estimate of drug-likeness (QED) is 0.0953. The Morgan fingerprint density at radius 1 is 0.815 bits per heavy atom. The first kappa shape index (κ1) is 46.5. The molecule has 1 aromatic heterocycles. The van der Waals surface area contributed by atoms with Crippen LogP contribution >= 0.6 is 23.2 Å². The van der Waals surface area contributed by atoms with Crippen molar-refractivity contribution in [2.24, 2.45) is 0 Å². The zero-order valence-electron chi connectivity index (χ0n) is 29.4. The van der Waals surface area contributed by atoms with Crippen LogP contribution in [0.4, 0.5) is 5.69 Å². The molecular weight excluding hydrogens is 773 g/mol. The molecule has 1 N–H and O–H groups in total. The highest BCUT2D eigenvalue weighted by molar-refractivity contribution is 7.85. The van der Waals surface area contributed by atoms with Crippen LogP contribution in [-0.2, 0) is 26.8 Å². The third-order valence-corrected chi connectivity index (χ3v) is 10.1. The van der Waals surface area contributed by atoms with Crippen LogP contribution in [-0.4, -0.2) is 57.1 Å². The predicted octanol–water partition coefficient (Wildman–Crippen LogP) is 8.87. The summed E-state index contributed by atoms with van der Waals surface area (Å²) in [7, 11) is -8.84. The van der Waals surface area contributed by atoms with E-state index in [0.29, 0.717) is 44.4 Å². The molecule has 0 saturated carbocycles. The number of hydrogen-bond donors (Lipinski definition) is 1. The molecule has 0 amide bonds. The molecule has 54 heavy (non-hydrogen) atoms.